The van der Waals surface area contributed by atoms with Gasteiger partial charge in [0.1, 0.15) is 0 Å². The summed E-state index contributed by atoms with van der Waals surface area (Å²) in [6.45, 7) is 5.04. The molecule has 2 bridgehead atoms. The van der Waals surface area contributed by atoms with Crippen LogP contribution in [0.2, 0.25) is 0 Å². The van der Waals surface area contributed by atoms with Crippen LogP contribution in [0.15, 0.2) is 30.1 Å². The van der Waals surface area contributed by atoms with Gasteiger partial charge in [0.25, 0.3) is 5.91 Å². The molecule has 0 saturated heterocycles. The van der Waals surface area contributed by atoms with Gasteiger partial charge in [-0.2, -0.15) is 0 Å². The lowest BCUT2D eigenvalue weighted by Gasteiger charge is -2.56. The number of amides is 1. The molecular weight excluding hydrogens is 316 g/mol. The molecule has 1 amide bonds. The maximum Gasteiger partial charge on any atom is 0.339 e. The highest BCUT2D eigenvalue weighted by atomic mass is 16.5. The Kier molecular flexibility index (Phi) is 4.67. The first-order valence-electron chi connectivity index (χ1n) is 8.83. The second-order valence-electron chi connectivity index (χ2n) is 7.87. The molecule has 1 aromatic rings. The first-order valence-corrected chi connectivity index (χ1v) is 8.83. The van der Waals surface area contributed by atoms with E-state index in [-0.39, 0.29) is 5.91 Å². The fraction of sp³-hybridized carbons (Fsp3) is 0.550. The van der Waals surface area contributed by atoms with Crippen molar-refractivity contribution in [3.05, 3.63) is 41.2 Å². The third-order valence-electron chi connectivity index (χ3n) is 5.83. The molecule has 25 heavy (non-hydrogen) atoms. The molecule has 134 valence electrons. The fourth-order valence-electron chi connectivity index (χ4n) is 4.03. The summed E-state index contributed by atoms with van der Waals surface area (Å²) >= 11 is 0. The third kappa shape index (κ3) is 3.32. The minimum atomic E-state index is -0.428. The lowest BCUT2D eigenvalue weighted by molar-refractivity contribution is -0.0103. The van der Waals surface area contributed by atoms with Crippen molar-refractivity contribution in [1.82, 2.24) is 9.88 Å². The van der Waals surface area contributed by atoms with Gasteiger partial charge in [-0.15, -0.1) is 0 Å². The van der Waals surface area contributed by atoms with Gasteiger partial charge in [0.15, 0.2) is 0 Å². The highest BCUT2D eigenvalue weighted by Gasteiger charge is 2.50. The Labute approximate surface area is 149 Å². The van der Waals surface area contributed by atoms with Gasteiger partial charge in [0.2, 0.25) is 0 Å². The minimum Gasteiger partial charge on any atom is -0.462 e. The largest absolute Gasteiger partial charge is 0.462 e. The van der Waals surface area contributed by atoms with Crippen molar-refractivity contribution >= 4 is 11.9 Å². The Hall–Kier alpha value is -2.17. The van der Waals surface area contributed by atoms with Gasteiger partial charge in [0.05, 0.1) is 17.7 Å². The summed E-state index contributed by atoms with van der Waals surface area (Å²) in [6.07, 6.45) is 8.43. The standard InChI is InChI=1S/C20H26N2O3/c1-20(2)16-6-5-13(17(20)10-16)7-8-25-19(24)15-9-14(11-21-12-15)18(23)22(3)4/h5,9,11-12,16-17H,6-8,10H2,1-4H3/t16-,17-/m0/s1. The molecule has 5 heteroatoms. The molecule has 2 atom stereocenters. The summed E-state index contributed by atoms with van der Waals surface area (Å²) in [6, 6.07) is 1.54. The zero-order chi connectivity index (χ0) is 18.2. The Bertz CT molecular complexity index is 721. The zero-order valence-corrected chi connectivity index (χ0v) is 15.4. The first-order chi connectivity index (χ1) is 11.8. The summed E-state index contributed by atoms with van der Waals surface area (Å²) in [4.78, 5) is 29.6. The van der Waals surface area contributed by atoms with Gasteiger partial charge < -0.3 is 9.64 Å². The molecule has 3 aliphatic rings. The number of allylic oxidation sites excluding steroid dienone is 1. The van der Waals surface area contributed by atoms with Crippen LogP contribution in [0.4, 0.5) is 0 Å². The number of esters is 1. The van der Waals surface area contributed by atoms with E-state index in [0.29, 0.717) is 29.1 Å². The van der Waals surface area contributed by atoms with E-state index in [2.05, 4.69) is 24.9 Å². The van der Waals surface area contributed by atoms with Gasteiger partial charge in [-0.3, -0.25) is 9.78 Å². The van der Waals surface area contributed by atoms with Gasteiger partial charge in [0, 0.05) is 32.9 Å². The second-order valence-corrected chi connectivity index (χ2v) is 7.87. The highest BCUT2D eigenvalue weighted by molar-refractivity contribution is 5.97. The summed E-state index contributed by atoms with van der Waals surface area (Å²) in [5.41, 5.74) is 2.51. The van der Waals surface area contributed by atoms with E-state index in [1.165, 1.54) is 35.4 Å². The van der Waals surface area contributed by atoms with Crippen molar-refractivity contribution < 1.29 is 14.3 Å². The van der Waals surface area contributed by atoms with Crippen LogP contribution in [0, 0.1) is 17.3 Å². The number of carbonyl (C=O) groups excluding carboxylic acids is 2. The average molecular weight is 342 g/mol. The van der Waals surface area contributed by atoms with Crippen LogP contribution in [-0.4, -0.2) is 42.5 Å². The molecule has 1 fully saturated rings. The first kappa shape index (κ1) is 17.6. The van der Waals surface area contributed by atoms with Crippen molar-refractivity contribution in [2.24, 2.45) is 17.3 Å². The van der Waals surface area contributed by atoms with E-state index in [9.17, 15) is 9.59 Å². The Balaban J connectivity index is 1.56. The van der Waals surface area contributed by atoms with Gasteiger partial charge in [-0.25, -0.2) is 4.79 Å². The van der Waals surface area contributed by atoms with Gasteiger partial charge in [-0.1, -0.05) is 25.5 Å². The number of fused-ring (bicyclic) bond motifs is 1. The molecule has 1 aromatic heterocycles. The van der Waals surface area contributed by atoms with E-state index in [4.69, 9.17) is 4.74 Å². The summed E-state index contributed by atoms with van der Waals surface area (Å²) in [7, 11) is 3.33. The number of pyridine rings is 1. The molecule has 1 heterocycles. The second kappa shape index (κ2) is 6.62. The minimum absolute atomic E-state index is 0.184. The van der Waals surface area contributed by atoms with Gasteiger partial charge >= 0.3 is 5.97 Å². The number of nitrogens with zero attached hydrogens (tertiary/aromatic N) is 2. The normalized spacial score (nSPS) is 23.3. The zero-order valence-electron chi connectivity index (χ0n) is 15.4. The molecule has 0 unspecified atom stereocenters. The van der Waals surface area contributed by atoms with E-state index in [0.717, 1.165) is 18.8 Å². The molecule has 0 N–H and O–H groups in total. The third-order valence-corrected chi connectivity index (χ3v) is 5.83. The maximum atomic E-state index is 12.2. The van der Waals surface area contributed by atoms with Crippen LogP contribution in [0.25, 0.3) is 0 Å². The quantitative estimate of drug-likeness (QED) is 0.608. The monoisotopic (exact) mass is 342 g/mol. The van der Waals surface area contributed by atoms with E-state index < -0.39 is 5.97 Å². The van der Waals surface area contributed by atoms with Crippen LogP contribution >= 0.6 is 0 Å². The maximum absolute atomic E-state index is 12.2. The lowest BCUT2D eigenvalue weighted by Crippen LogP contribution is -2.48. The molecular formula is C20H26N2O3. The van der Waals surface area contributed by atoms with Crippen molar-refractivity contribution in [2.75, 3.05) is 20.7 Å². The molecule has 0 radical (unpaired) electrons. The molecule has 1 saturated carbocycles. The van der Waals surface area contributed by atoms with Crippen molar-refractivity contribution in [3.8, 4) is 0 Å². The SMILES string of the molecule is CN(C)C(=O)c1cncc(C(=O)OCCC2=CC[C@H]3C[C@@H]2C3(C)C)c1. The van der Waals surface area contributed by atoms with Crippen LogP contribution in [-0.2, 0) is 4.74 Å². The van der Waals surface area contributed by atoms with E-state index in [1.807, 2.05) is 0 Å². The van der Waals surface area contributed by atoms with Gasteiger partial charge in [-0.05, 0) is 36.2 Å². The van der Waals surface area contributed by atoms with Crippen LogP contribution in [0.1, 0.15) is 53.8 Å². The Morgan fingerprint density at radius 3 is 2.64 bits per heavy atom. The molecule has 0 aromatic carbocycles. The lowest BCUT2D eigenvalue weighted by atomic mass is 9.48. The van der Waals surface area contributed by atoms with Crippen LogP contribution < -0.4 is 0 Å². The number of ether oxygens (including phenoxy) is 1. The van der Waals surface area contributed by atoms with Crippen LogP contribution in [0.3, 0.4) is 0 Å². The summed E-state index contributed by atoms with van der Waals surface area (Å²) in [5.74, 6) is 0.832. The number of carbonyl (C=O) groups is 2. The number of hydrogen-bond acceptors (Lipinski definition) is 4. The number of aromatic nitrogens is 1. The van der Waals surface area contributed by atoms with E-state index in [1.54, 1.807) is 14.1 Å². The summed E-state index contributed by atoms with van der Waals surface area (Å²) < 4.78 is 5.42. The number of rotatable bonds is 5. The predicted molar refractivity (Wildman–Crippen MR) is 95.2 cm³/mol. The molecule has 0 aliphatic heterocycles. The Morgan fingerprint density at radius 2 is 2.00 bits per heavy atom. The topological polar surface area (TPSA) is 59.5 Å². The van der Waals surface area contributed by atoms with Crippen molar-refractivity contribution in [3.63, 3.8) is 0 Å². The summed E-state index contributed by atoms with van der Waals surface area (Å²) in [5, 5.41) is 0. The smallest absolute Gasteiger partial charge is 0.339 e. The van der Waals surface area contributed by atoms with E-state index >= 15 is 0 Å². The number of hydrogen-bond donors (Lipinski definition) is 0. The van der Waals surface area contributed by atoms with Crippen molar-refractivity contribution in [2.45, 2.75) is 33.1 Å². The van der Waals surface area contributed by atoms with Crippen LogP contribution in [0.5, 0.6) is 0 Å². The predicted octanol–water partition coefficient (Wildman–Crippen LogP) is 3.32. The van der Waals surface area contributed by atoms with Crippen molar-refractivity contribution in [1.29, 1.82) is 0 Å². The molecule has 5 nitrogen and oxygen atoms in total. The molecule has 4 rings (SSSR count). The molecule has 3 aliphatic carbocycles. The fourth-order valence-corrected chi connectivity index (χ4v) is 4.03. The molecule has 0 spiro atoms. The highest BCUT2D eigenvalue weighted by Crippen LogP contribution is 2.59. The Morgan fingerprint density at radius 1 is 1.28 bits per heavy atom. The average Bonchev–Trinajstić information content (AvgIpc) is 2.60.